The van der Waals surface area contributed by atoms with Crippen LogP contribution in [0.2, 0.25) is 0 Å². The number of pyridine rings is 9. The summed E-state index contributed by atoms with van der Waals surface area (Å²) in [6.07, 6.45) is 36.4. The number of benzene rings is 6. The molecule has 0 unspecified atom stereocenters. The molecule has 0 N–H and O–H groups in total. The van der Waals surface area contributed by atoms with E-state index in [9.17, 15) is 0 Å². The summed E-state index contributed by atoms with van der Waals surface area (Å²) >= 11 is 17.4. The number of nitrogens with zero attached hydrogens (tertiary/aromatic N) is 19. The van der Waals surface area contributed by atoms with Gasteiger partial charge in [-0.1, -0.05) is 96.6 Å². The first-order chi connectivity index (χ1) is 68.5. The van der Waals surface area contributed by atoms with Gasteiger partial charge in [-0.05, 0) is 205 Å². The molecule has 29 heteroatoms. The summed E-state index contributed by atoms with van der Waals surface area (Å²) in [7, 11) is 0. The molecule has 6 aromatic carbocycles. The van der Waals surface area contributed by atoms with Crippen LogP contribution in [0.3, 0.4) is 0 Å². The summed E-state index contributed by atoms with van der Waals surface area (Å²) in [4.78, 5) is 88.7. The highest BCUT2D eigenvalue weighted by molar-refractivity contribution is 7.29. The van der Waals surface area contributed by atoms with Crippen molar-refractivity contribution in [3.8, 4) is 0 Å². The van der Waals surface area contributed by atoms with Crippen molar-refractivity contribution >= 4 is 317 Å². The van der Waals surface area contributed by atoms with Crippen molar-refractivity contribution in [2.24, 2.45) is 0 Å². The van der Waals surface area contributed by atoms with Crippen molar-refractivity contribution in [1.82, 2.24) is 94.7 Å². The Morgan fingerprint density at radius 3 is 1.25 bits per heavy atom. The lowest BCUT2D eigenvalue weighted by molar-refractivity contribution is 1.20. The fourth-order valence-electron chi connectivity index (χ4n) is 16.3. The molecule has 140 heavy (non-hydrogen) atoms. The summed E-state index contributed by atoms with van der Waals surface area (Å²) in [6.45, 7) is 20.9. The highest BCUT2D eigenvalue weighted by Crippen LogP contribution is 2.42. The SMILES string of the molecule is Cc1ccc2c(c1)sc1nccnc12.Cc1ccc2sc3nccnc3c2c1.Cc1cccc2c1sc1ccncc12.Cc1cccc2c1sc1nccnc12.Cc1ccnc2c1sc1cccnc12.Cc1ccnc2c1sc1ccncc12.Cc1ccnc2c1sc1cnccc12.Cc1ccnc2c1sc1ncccc12.Cc1cnc2c(n1)sc1ccccc12.Cc1cnc2sc3ccccc3c2n1. The van der Waals surface area contributed by atoms with E-state index in [0.717, 1.165) is 106 Å². The van der Waals surface area contributed by atoms with Crippen LogP contribution in [-0.2, 0) is 0 Å². The van der Waals surface area contributed by atoms with Crippen LogP contribution < -0.4 is 0 Å². The molecule has 0 radical (unpaired) electrons. The third kappa shape index (κ3) is 19.0. The fourth-order valence-corrected chi connectivity index (χ4v) is 27.0. The molecular formula is C111H81N19S10. The number of aryl methyl sites for hydroxylation is 10. The van der Waals surface area contributed by atoms with Crippen molar-refractivity contribution in [3.05, 3.63) is 368 Å². The van der Waals surface area contributed by atoms with E-state index in [0.29, 0.717) is 0 Å². The zero-order chi connectivity index (χ0) is 95.4. The lowest BCUT2D eigenvalue weighted by Crippen LogP contribution is -1.82. The second-order valence-electron chi connectivity index (χ2n) is 32.9. The predicted octanol–water partition coefficient (Wildman–Crippen LogP) is 32.1. The van der Waals surface area contributed by atoms with Gasteiger partial charge < -0.3 is 0 Å². The molecular weight excluding hydrogens is 1920 g/mol. The van der Waals surface area contributed by atoms with Gasteiger partial charge in [0, 0.05) is 215 Å². The summed E-state index contributed by atoms with van der Waals surface area (Å²) < 4.78 is 17.8. The normalized spacial score (nSPS) is 11.2. The van der Waals surface area contributed by atoms with Crippen molar-refractivity contribution < 1.29 is 0 Å². The predicted molar refractivity (Wildman–Crippen MR) is 599 cm³/mol. The molecule has 24 aromatic heterocycles. The van der Waals surface area contributed by atoms with Gasteiger partial charge in [-0.15, -0.1) is 113 Å². The minimum atomic E-state index is 0.973. The molecule has 30 rings (SSSR count). The Balaban J connectivity index is 0.0000000924. The van der Waals surface area contributed by atoms with E-state index in [1.54, 1.807) is 139 Å². The smallest absolute Gasteiger partial charge is 0.143 e. The highest BCUT2D eigenvalue weighted by Gasteiger charge is 2.17. The van der Waals surface area contributed by atoms with Crippen LogP contribution in [0.25, 0.3) is 204 Å². The molecule has 0 saturated heterocycles. The van der Waals surface area contributed by atoms with Gasteiger partial charge in [0.25, 0.3) is 0 Å². The first-order valence-corrected chi connectivity index (χ1v) is 52.8. The molecule has 30 aromatic rings. The van der Waals surface area contributed by atoms with Crippen LogP contribution in [0.15, 0.2) is 312 Å². The van der Waals surface area contributed by atoms with Gasteiger partial charge in [0.1, 0.15) is 67.6 Å². The summed E-state index contributed by atoms with van der Waals surface area (Å²) in [5.41, 5.74) is 22.7. The van der Waals surface area contributed by atoms with Crippen LogP contribution in [0.1, 0.15) is 55.9 Å². The van der Waals surface area contributed by atoms with E-state index < -0.39 is 0 Å². The third-order valence-electron chi connectivity index (χ3n) is 23.1. The van der Waals surface area contributed by atoms with Gasteiger partial charge in [-0.2, -0.15) is 0 Å². The minimum Gasteiger partial charge on any atom is -0.264 e. The maximum atomic E-state index is 4.51. The van der Waals surface area contributed by atoms with Crippen LogP contribution in [0.5, 0.6) is 0 Å². The van der Waals surface area contributed by atoms with Gasteiger partial charge >= 0.3 is 0 Å². The van der Waals surface area contributed by atoms with Gasteiger partial charge in [-0.3, -0.25) is 59.8 Å². The van der Waals surface area contributed by atoms with Crippen molar-refractivity contribution in [2.75, 3.05) is 0 Å². The van der Waals surface area contributed by atoms with Gasteiger partial charge in [0.15, 0.2) is 0 Å². The second kappa shape index (κ2) is 40.7. The van der Waals surface area contributed by atoms with Crippen LogP contribution in [0.4, 0.5) is 0 Å². The molecule has 0 spiro atoms. The molecule has 0 aliphatic rings. The maximum absolute atomic E-state index is 4.51. The van der Waals surface area contributed by atoms with E-state index in [4.69, 9.17) is 0 Å². The molecule has 0 saturated carbocycles. The summed E-state index contributed by atoms with van der Waals surface area (Å²) in [5.74, 6) is 0. The minimum absolute atomic E-state index is 0.973. The van der Waals surface area contributed by atoms with E-state index >= 15 is 0 Å². The molecule has 0 aliphatic carbocycles. The quantitative estimate of drug-likeness (QED) is 0.137. The van der Waals surface area contributed by atoms with Crippen LogP contribution in [-0.4, -0.2) is 94.7 Å². The summed E-state index contributed by atoms with van der Waals surface area (Å²) in [5, 5.41) is 12.2. The van der Waals surface area contributed by atoms with Gasteiger partial charge in [-0.25, -0.2) is 34.9 Å². The largest absolute Gasteiger partial charge is 0.264 e. The first kappa shape index (κ1) is 91.7. The number of thiophene rings is 10. The molecule has 0 bridgehead atoms. The topological polar surface area (TPSA) is 245 Å². The average Bonchev–Trinajstić information content (AvgIpc) is 1.62. The zero-order valence-electron chi connectivity index (χ0n) is 77.0. The maximum Gasteiger partial charge on any atom is 0.143 e. The van der Waals surface area contributed by atoms with Crippen molar-refractivity contribution in [2.45, 2.75) is 69.2 Å². The van der Waals surface area contributed by atoms with Crippen LogP contribution >= 0.6 is 113 Å². The fraction of sp³-hybridized carbons (Fsp3) is 0.0901. The van der Waals surface area contributed by atoms with E-state index in [1.165, 1.54) is 153 Å². The Morgan fingerprint density at radius 2 is 0.557 bits per heavy atom. The zero-order valence-corrected chi connectivity index (χ0v) is 85.2. The Bertz CT molecular complexity index is 8700. The van der Waals surface area contributed by atoms with Gasteiger partial charge in [0.05, 0.1) is 56.1 Å². The van der Waals surface area contributed by atoms with E-state index in [1.807, 2.05) is 185 Å². The average molecular weight is 2000 g/mol. The highest BCUT2D eigenvalue weighted by atomic mass is 32.1. The van der Waals surface area contributed by atoms with E-state index in [-0.39, 0.29) is 0 Å². The summed E-state index contributed by atoms with van der Waals surface area (Å²) in [6, 6.07) is 64.6. The molecule has 0 fully saturated rings. The lowest BCUT2D eigenvalue weighted by Gasteiger charge is -1.93. The second-order valence-corrected chi connectivity index (χ2v) is 43.2. The molecule has 19 nitrogen and oxygen atoms in total. The first-order valence-electron chi connectivity index (χ1n) is 44.6. The Morgan fingerprint density at radius 1 is 0.164 bits per heavy atom. The number of fused-ring (bicyclic) bond motifs is 30. The van der Waals surface area contributed by atoms with Crippen LogP contribution in [0, 0.1) is 69.2 Å². The molecule has 680 valence electrons. The number of aromatic nitrogens is 19. The van der Waals surface area contributed by atoms with Crippen molar-refractivity contribution in [3.63, 3.8) is 0 Å². The standard InChI is InChI=1S/C12H9NS.9C11H8N2S/c1-8-3-2-4-9-10-7-13-6-5-11(10)14-12(8)9;1-7-2-5-13-10-8-6-12-4-3-9(8)14-11(7)10;1-7-2-5-13-10-8-3-4-12-6-9(8)14-11(7)10;1-7-2-3-9-8(6-7)10-11(14-9)13-5-4-12-10;1-7-2-3-8-9(6-7)14-11-10(8)12-4-5-13-11;1-7-4-6-13-10-9-8(14-11(7)10)3-2-5-12-9;1-7-4-6-12-9-8-3-2-5-13-11(8)14-10(7)9;1-7-3-2-4-8-9-11(14-10(7)8)13-6-5-12-9;1-7-6-12-11-10(13-7)8-4-2-3-5-9(8)14-11;1-7-6-12-10-8-4-2-3-5-9(8)14-11(10)13-7/h2-7H,1H3;9*2-6H,1H3. The molecule has 24 heterocycles. The lowest BCUT2D eigenvalue weighted by atomic mass is 10.1. The Labute approximate surface area is 841 Å². The van der Waals surface area contributed by atoms with Crippen molar-refractivity contribution in [1.29, 1.82) is 0 Å². The molecule has 0 amide bonds. The Hall–Kier alpha value is -14.7. The third-order valence-corrected chi connectivity index (χ3v) is 35.0. The Kier molecular flexibility index (Phi) is 26.7. The number of hydrogen-bond acceptors (Lipinski definition) is 29. The number of hydrogen-bond donors (Lipinski definition) is 0. The monoisotopic (exact) mass is 2000 g/mol. The van der Waals surface area contributed by atoms with E-state index in [2.05, 4.69) is 265 Å². The van der Waals surface area contributed by atoms with Gasteiger partial charge in [0.2, 0.25) is 0 Å². The molecule has 0 atom stereocenters. The molecule has 0 aliphatic heterocycles. The number of rotatable bonds is 0.